The van der Waals surface area contributed by atoms with Crippen LogP contribution in [-0.4, -0.2) is 40.5 Å². The van der Waals surface area contributed by atoms with Gasteiger partial charge in [0, 0.05) is 24.5 Å². The Labute approximate surface area is 161 Å². The number of imidazole rings is 1. The minimum atomic E-state index is -0.334. The maximum absolute atomic E-state index is 13.2. The van der Waals surface area contributed by atoms with Crippen LogP contribution in [0.1, 0.15) is 5.69 Å². The standard InChI is InChI=1S/C20H20FN3O2S/c1-14-19(25)24(18-4-2-15(21)3-5-18)20(27)23(14)17-8-6-16(7-9-17)22-10-12-26-13-11-22/h2-9,25H,10-13H2,1H3. The molecule has 0 radical (unpaired) electrons. The van der Waals surface area contributed by atoms with Crippen molar-refractivity contribution < 1.29 is 14.2 Å². The van der Waals surface area contributed by atoms with Crippen LogP contribution in [0.5, 0.6) is 5.88 Å². The Kier molecular flexibility index (Phi) is 4.72. The molecule has 0 atom stereocenters. The summed E-state index contributed by atoms with van der Waals surface area (Å²) in [6.07, 6.45) is 0. The van der Waals surface area contributed by atoms with E-state index in [0.717, 1.165) is 37.7 Å². The minimum absolute atomic E-state index is 0.0452. The molecule has 27 heavy (non-hydrogen) atoms. The number of aromatic nitrogens is 2. The first-order chi connectivity index (χ1) is 13.1. The number of aromatic hydroxyl groups is 1. The Hall–Kier alpha value is -2.64. The van der Waals surface area contributed by atoms with Gasteiger partial charge in [-0.1, -0.05) is 0 Å². The maximum atomic E-state index is 13.2. The first-order valence-corrected chi connectivity index (χ1v) is 9.19. The van der Waals surface area contributed by atoms with E-state index in [9.17, 15) is 9.50 Å². The molecule has 7 heteroatoms. The summed E-state index contributed by atoms with van der Waals surface area (Å²) < 4.78 is 22.4. The summed E-state index contributed by atoms with van der Waals surface area (Å²) in [6.45, 7) is 5.03. The van der Waals surface area contributed by atoms with Crippen LogP contribution in [0.3, 0.4) is 0 Å². The second-order valence-electron chi connectivity index (χ2n) is 6.45. The highest BCUT2D eigenvalue weighted by atomic mass is 32.1. The van der Waals surface area contributed by atoms with E-state index in [1.54, 1.807) is 23.6 Å². The Morgan fingerprint density at radius 1 is 0.889 bits per heavy atom. The van der Waals surface area contributed by atoms with E-state index in [1.807, 2.05) is 28.8 Å². The smallest absolute Gasteiger partial charge is 0.218 e. The van der Waals surface area contributed by atoms with Crippen LogP contribution in [0.4, 0.5) is 10.1 Å². The van der Waals surface area contributed by atoms with Crippen LogP contribution in [-0.2, 0) is 4.74 Å². The third kappa shape index (κ3) is 3.24. The Morgan fingerprint density at radius 3 is 2.04 bits per heavy atom. The summed E-state index contributed by atoms with van der Waals surface area (Å²) in [4.78, 5) is 2.28. The molecule has 0 amide bonds. The lowest BCUT2D eigenvalue weighted by Crippen LogP contribution is -2.36. The molecule has 1 aromatic heterocycles. The van der Waals surface area contributed by atoms with E-state index >= 15 is 0 Å². The highest BCUT2D eigenvalue weighted by Gasteiger charge is 2.17. The molecule has 0 spiro atoms. The molecular weight excluding hydrogens is 365 g/mol. The number of morpholine rings is 1. The molecule has 2 aromatic carbocycles. The molecule has 1 aliphatic heterocycles. The van der Waals surface area contributed by atoms with Crippen LogP contribution in [0.2, 0.25) is 0 Å². The zero-order chi connectivity index (χ0) is 19.0. The first kappa shape index (κ1) is 17.8. The number of ether oxygens (including phenoxy) is 1. The molecule has 1 fully saturated rings. The number of benzene rings is 2. The molecule has 1 saturated heterocycles. The topological polar surface area (TPSA) is 42.6 Å². The van der Waals surface area contributed by atoms with Crippen molar-refractivity contribution in [3.8, 4) is 17.3 Å². The average molecular weight is 385 g/mol. The van der Waals surface area contributed by atoms with Crippen molar-refractivity contribution in [2.24, 2.45) is 0 Å². The van der Waals surface area contributed by atoms with Gasteiger partial charge in [-0.3, -0.25) is 9.13 Å². The van der Waals surface area contributed by atoms with Crippen LogP contribution >= 0.6 is 12.2 Å². The summed E-state index contributed by atoms with van der Waals surface area (Å²) in [6, 6.07) is 14.0. The van der Waals surface area contributed by atoms with Crippen molar-refractivity contribution in [1.29, 1.82) is 0 Å². The molecule has 0 saturated carbocycles. The fourth-order valence-electron chi connectivity index (χ4n) is 3.36. The predicted octanol–water partition coefficient (Wildman–Crippen LogP) is 3.99. The van der Waals surface area contributed by atoms with Gasteiger partial charge in [0.2, 0.25) is 5.88 Å². The van der Waals surface area contributed by atoms with Crippen molar-refractivity contribution >= 4 is 17.9 Å². The van der Waals surface area contributed by atoms with Crippen LogP contribution < -0.4 is 4.90 Å². The molecule has 2 heterocycles. The van der Waals surface area contributed by atoms with Gasteiger partial charge in [0.1, 0.15) is 5.82 Å². The molecule has 0 unspecified atom stereocenters. The maximum Gasteiger partial charge on any atom is 0.218 e. The van der Waals surface area contributed by atoms with E-state index in [0.29, 0.717) is 16.2 Å². The summed E-state index contributed by atoms with van der Waals surface area (Å²) in [5.41, 5.74) is 3.24. The molecule has 4 rings (SSSR count). The molecule has 1 aliphatic rings. The Bertz CT molecular complexity index is 1000. The number of hydrogen-bond donors (Lipinski definition) is 1. The van der Waals surface area contributed by atoms with Gasteiger partial charge in [-0.2, -0.15) is 0 Å². The van der Waals surface area contributed by atoms with E-state index in [4.69, 9.17) is 17.0 Å². The third-order valence-electron chi connectivity index (χ3n) is 4.82. The van der Waals surface area contributed by atoms with Gasteiger partial charge in [0.15, 0.2) is 4.77 Å². The number of hydrogen-bond acceptors (Lipinski definition) is 4. The van der Waals surface area contributed by atoms with Crippen LogP contribution in [0.25, 0.3) is 11.4 Å². The van der Waals surface area contributed by atoms with Gasteiger partial charge < -0.3 is 14.7 Å². The SMILES string of the molecule is Cc1c(O)n(-c2ccc(F)cc2)c(=S)n1-c1ccc(N2CCOCC2)cc1. The summed E-state index contributed by atoms with van der Waals surface area (Å²) in [7, 11) is 0. The van der Waals surface area contributed by atoms with Gasteiger partial charge in [-0.25, -0.2) is 4.39 Å². The normalized spacial score (nSPS) is 14.5. The van der Waals surface area contributed by atoms with Crippen molar-refractivity contribution in [3.63, 3.8) is 0 Å². The van der Waals surface area contributed by atoms with Gasteiger partial charge in [-0.05, 0) is 67.7 Å². The Morgan fingerprint density at radius 2 is 1.41 bits per heavy atom. The summed E-state index contributed by atoms with van der Waals surface area (Å²) >= 11 is 5.60. The van der Waals surface area contributed by atoms with E-state index in [-0.39, 0.29) is 11.7 Å². The number of anilines is 1. The Balaban J connectivity index is 1.73. The van der Waals surface area contributed by atoms with E-state index in [1.165, 1.54) is 12.1 Å². The summed E-state index contributed by atoms with van der Waals surface area (Å²) in [5, 5.41) is 10.6. The van der Waals surface area contributed by atoms with Gasteiger partial charge >= 0.3 is 0 Å². The first-order valence-electron chi connectivity index (χ1n) is 8.78. The number of halogens is 1. The van der Waals surface area contributed by atoms with Crippen molar-refractivity contribution in [2.45, 2.75) is 6.92 Å². The quantitative estimate of drug-likeness (QED) is 0.693. The zero-order valence-corrected chi connectivity index (χ0v) is 15.7. The van der Waals surface area contributed by atoms with Crippen molar-refractivity contribution in [3.05, 3.63) is 64.8 Å². The number of nitrogens with zero attached hydrogens (tertiary/aromatic N) is 3. The molecule has 0 bridgehead atoms. The average Bonchev–Trinajstić information content (AvgIpc) is 2.92. The second-order valence-corrected chi connectivity index (χ2v) is 6.82. The van der Waals surface area contributed by atoms with E-state index < -0.39 is 0 Å². The highest BCUT2D eigenvalue weighted by Crippen LogP contribution is 2.28. The van der Waals surface area contributed by atoms with Gasteiger partial charge in [0.25, 0.3) is 0 Å². The van der Waals surface area contributed by atoms with Crippen molar-refractivity contribution in [1.82, 2.24) is 9.13 Å². The lowest BCUT2D eigenvalue weighted by Gasteiger charge is -2.29. The molecule has 0 aliphatic carbocycles. The molecule has 3 aromatic rings. The van der Waals surface area contributed by atoms with E-state index in [2.05, 4.69) is 4.90 Å². The lowest BCUT2D eigenvalue weighted by molar-refractivity contribution is 0.122. The minimum Gasteiger partial charge on any atom is -0.493 e. The van der Waals surface area contributed by atoms with Crippen LogP contribution in [0, 0.1) is 17.5 Å². The number of rotatable bonds is 3. The van der Waals surface area contributed by atoms with Crippen molar-refractivity contribution in [2.75, 3.05) is 31.2 Å². The fraction of sp³-hybridized carbons (Fsp3) is 0.250. The fourth-order valence-corrected chi connectivity index (χ4v) is 3.79. The predicted molar refractivity (Wildman–Crippen MR) is 105 cm³/mol. The summed E-state index contributed by atoms with van der Waals surface area (Å²) in [5.74, 6) is -0.288. The van der Waals surface area contributed by atoms with Gasteiger partial charge in [0.05, 0.1) is 24.6 Å². The monoisotopic (exact) mass is 385 g/mol. The van der Waals surface area contributed by atoms with Gasteiger partial charge in [-0.15, -0.1) is 0 Å². The molecular formula is C20H20FN3O2S. The third-order valence-corrected chi connectivity index (χ3v) is 5.19. The second kappa shape index (κ2) is 7.17. The highest BCUT2D eigenvalue weighted by molar-refractivity contribution is 7.71. The molecule has 1 N–H and O–H groups in total. The van der Waals surface area contributed by atoms with Crippen LogP contribution in [0.15, 0.2) is 48.5 Å². The molecule has 140 valence electrons. The largest absolute Gasteiger partial charge is 0.493 e. The lowest BCUT2D eigenvalue weighted by atomic mass is 10.2. The molecule has 5 nitrogen and oxygen atoms in total. The zero-order valence-electron chi connectivity index (χ0n) is 14.9.